The summed E-state index contributed by atoms with van der Waals surface area (Å²) >= 11 is 15.4. The molecule has 0 aliphatic carbocycles. The molecule has 0 aliphatic heterocycles. The van der Waals surface area contributed by atoms with Crippen molar-refractivity contribution in [3.8, 4) is 0 Å². The topological polar surface area (TPSA) is 26.0 Å². The molecule has 2 N–H and O–H groups in total. The summed E-state index contributed by atoms with van der Waals surface area (Å²) in [6, 6.07) is 9.75. The summed E-state index contributed by atoms with van der Waals surface area (Å²) < 4.78 is 13.6. The third-order valence-corrected chi connectivity index (χ3v) is 4.17. The van der Waals surface area contributed by atoms with E-state index >= 15 is 0 Å². The van der Waals surface area contributed by atoms with Crippen LogP contribution in [0.1, 0.15) is 17.2 Å². The van der Waals surface area contributed by atoms with Gasteiger partial charge in [-0.15, -0.1) is 0 Å². The normalized spacial score (nSPS) is 12.5. The van der Waals surface area contributed by atoms with E-state index in [0.29, 0.717) is 20.9 Å². The average Bonchev–Trinajstić information content (AvgIpc) is 2.37. The van der Waals surface area contributed by atoms with Crippen molar-refractivity contribution in [1.82, 2.24) is 0 Å². The molecule has 5 heteroatoms. The van der Waals surface area contributed by atoms with Crippen LogP contribution in [-0.2, 0) is 6.42 Å². The van der Waals surface area contributed by atoms with Crippen LogP contribution < -0.4 is 5.73 Å². The Morgan fingerprint density at radius 2 is 1.79 bits per heavy atom. The van der Waals surface area contributed by atoms with E-state index in [1.807, 2.05) is 0 Å². The van der Waals surface area contributed by atoms with Gasteiger partial charge in [0.2, 0.25) is 0 Å². The van der Waals surface area contributed by atoms with Gasteiger partial charge in [-0.1, -0.05) is 35.3 Å². The lowest BCUT2D eigenvalue weighted by Crippen LogP contribution is -2.14. The maximum absolute atomic E-state index is 13.2. The zero-order valence-corrected chi connectivity index (χ0v) is 12.9. The largest absolute Gasteiger partial charge is 0.324 e. The monoisotopic (exact) mass is 361 g/mol. The molecule has 1 nitrogen and oxygen atoms in total. The molecule has 0 bridgehead atoms. The third-order valence-electron chi connectivity index (χ3n) is 2.86. The van der Waals surface area contributed by atoms with Gasteiger partial charge in [-0.25, -0.2) is 4.39 Å². The van der Waals surface area contributed by atoms with Crippen LogP contribution in [-0.4, -0.2) is 0 Å². The van der Waals surface area contributed by atoms with Crippen molar-refractivity contribution in [2.45, 2.75) is 12.5 Å². The fourth-order valence-corrected chi connectivity index (χ4v) is 2.76. The minimum Gasteiger partial charge on any atom is -0.324 e. The second-order valence-electron chi connectivity index (χ2n) is 4.18. The first kappa shape index (κ1) is 14.8. The van der Waals surface area contributed by atoms with Crippen LogP contribution in [0.2, 0.25) is 10.0 Å². The van der Waals surface area contributed by atoms with Crippen molar-refractivity contribution < 1.29 is 4.39 Å². The number of halogens is 4. The SMILES string of the molecule is NC(Cc1c(Cl)cccc1Cl)c1ccc(F)c(Br)c1. The van der Waals surface area contributed by atoms with Gasteiger partial charge < -0.3 is 5.73 Å². The van der Waals surface area contributed by atoms with E-state index in [1.165, 1.54) is 6.07 Å². The van der Waals surface area contributed by atoms with Crippen LogP contribution in [0.25, 0.3) is 0 Å². The Bertz CT molecular complexity index is 584. The Kier molecular flexibility index (Phi) is 4.85. The minimum absolute atomic E-state index is 0.297. The number of benzene rings is 2. The summed E-state index contributed by atoms with van der Waals surface area (Å²) in [6.07, 6.45) is 0.497. The molecule has 1 unspecified atom stereocenters. The minimum atomic E-state index is -0.313. The van der Waals surface area contributed by atoms with Gasteiger partial charge in [0.15, 0.2) is 0 Å². The van der Waals surface area contributed by atoms with Gasteiger partial charge in [-0.2, -0.15) is 0 Å². The quantitative estimate of drug-likeness (QED) is 0.803. The van der Waals surface area contributed by atoms with Crippen LogP contribution in [0, 0.1) is 5.82 Å². The van der Waals surface area contributed by atoms with Crippen LogP contribution in [0.3, 0.4) is 0 Å². The summed E-state index contributed by atoms with van der Waals surface area (Å²) in [5.41, 5.74) is 7.75. The maximum Gasteiger partial charge on any atom is 0.137 e. The maximum atomic E-state index is 13.2. The van der Waals surface area contributed by atoms with Gasteiger partial charge in [0, 0.05) is 16.1 Å². The van der Waals surface area contributed by atoms with E-state index in [2.05, 4.69) is 15.9 Å². The second-order valence-corrected chi connectivity index (χ2v) is 5.85. The molecule has 2 aromatic rings. The summed E-state index contributed by atoms with van der Waals surface area (Å²) in [7, 11) is 0. The Hall–Kier alpha value is -0.610. The molecule has 0 aromatic heterocycles. The van der Waals surface area contributed by atoms with Gasteiger partial charge in [0.1, 0.15) is 5.82 Å². The lowest BCUT2D eigenvalue weighted by atomic mass is 9.99. The molecule has 0 fully saturated rings. The van der Waals surface area contributed by atoms with E-state index in [1.54, 1.807) is 30.3 Å². The molecule has 19 heavy (non-hydrogen) atoms. The second kappa shape index (κ2) is 6.23. The first-order valence-electron chi connectivity index (χ1n) is 5.62. The first-order chi connectivity index (χ1) is 8.99. The summed E-state index contributed by atoms with van der Waals surface area (Å²) in [6.45, 7) is 0. The highest BCUT2D eigenvalue weighted by atomic mass is 79.9. The Morgan fingerprint density at radius 1 is 1.16 bits per heavy atom. The van der Waals surface area contributed by atoms with Gasteiger partial charge in [0.25, 0.3) is 0 Å². The zero-order valence-electron chi connectivity index (χ0n) is 9.84. The van der Waals surface area contributed by atoms with E-state index < -0.39 is 0 Å². The molecular formula is C14H11BrCl2FN. The van der Waals surface area contributed by atoms with Crippen molar-refractivity contribution in [2.75, 3.05) is 0 Å². The van der Waals surface area contributed by atoms with Crippen molar-refractivity contribution in [2.24, 2.45) is 5.73 Å². The molecule has 100 valence electrons. The molecule has 2 aromatic carbocycles. The van der Waals surface area contributed by atoms with Gasteiger partial charge in [-0.3, -0.25) is 0 Å². The predicted octanol–water partition coefficient (Wildman–Crippen LogP) is 5.14. The van der Waals surface area contributed by atoms with E-state index in [9.17, 15) is 4.39 Å². The van der Waals surface area contributed by atoms with Gasteiger partial charge in [0.05, 0.1) is 4.47 Å². The van der Waals surface area contributed by atoms with E-state index in [0.717, 1.165) is 11.1 Å². The zero-order chi connectivity index (χ0) is 14.0. The smallest absolute Gasteiger partial charge is 0.137 e. The van der Waals surface area contributed by atoms with Crippen molar-refractivity contribution in [3.05, 3.63) is 67.9 Å². The van der Waals surface area contributed by atoms with Crippen LogP contribution in [0.4, 0.5) is 4.39 Å². The fraction of sp³-hybridized carbons (Fsp3) is 0.143. The van der Waals surface area contributed by atoms with Gasteiger partial charge >= 0.3 is 0 Å². The summed E-state index contributed by atoms with van der Waals surface area (Å²) in [5.74, 6) is -0.313. The molecule has 0 saturated heterocycles. The van der Waals surface area contributed by atoms with Crippen molar-refractivity contribution in [3.63, 3.8) is 0 Å². The number of hydrogen-bond donors (Lipinski definition) is 1. The van der Waals surface area contributed by atoms with Crippen molar-refractivity contribution >= 4 is 39.1 Å². The van der Waals surface area contributed by atoms with Crippen LogP contribution in [0.5, 0.6) is 0 Å². The van der Waals surface area contributed by atoms with E-state index in [4.69, 9.17) is 28.9 Å². The average molecular weight is 363 g/mol. The van der Waals surface area contributed by atoms with Crippen LogP contribution >= 0.6 is 39.1 Å². The molecule has 0 saturated carbocycles. The highest BCUT2D eigenvalue weighted by Gasteiger charge is 2.13. The summed E-state index contributed by atoms with van der Waals surface area (Å²) in [5, 5.41) is 1.17. The third kappa shape index (κ3) is 3.48. The fourth-order valence-electron chi connectivity index (χ4n) is 1.81. The molecule has 1 atom stereocenters. The number of hydrogen-bond acceptors (Lipinski definition) is 1. The Morgan fingerprint density at radius 3 is 2.37 bits per heavy atom. The first-order valence-corrected chi connectivity index (χ1v) is 7.17. The lowest BCUT2D eigenvalue weighted by Gasteiger charge is -2.15. The molecule has 0 radical (unpaired) electrons. The highest BCUT2D eigenvalue weighted by molar-refractivity contribution is 9.10. The molecular weight excluding hydrogens is 352 g/mol. The molecule has 0 spiro atoms. The molecule has 0 aliphatic rings. The Balaban J connectivity index is 2.25. The lowest BCUT2D eigenvalue weighted by molar-refractivity contribution is 0.617. The Labute approximate surface area is 129 Å². The number of nitrogens with two attached hydrogens (primary N) is 1. The highest BCUT2D eigenvalue weighted by Crippen LogP contribution is 2.29. The number of rotatable bonds is 3. The van der Waals surface area contributed by atoms with E-state index in [-0.39, 0.29) is 11.9 Å². The molecule has 0 heterocycles. The molecule has 2 rings (SSSR count). The standard InChI is InChI=1S/C14H11BrCl2FN/c15-10-6-8(4-5-13(10)18)14(19)7-9-11(16)2-1-3-12(9)17/h1-6,14H,7,19H2. The van der Waals surface area contributed by atoms with Crippen molar-refractivity contribution in [1.29, 1.82) is 0 Å². The molecule has 0 amide bonds. The van der Waals surface area contributed by atoms with Gasteiger partial charge in [-0.05, 0) is 57.7 Å². The summed E-state index contributed by atoms with van der Waals surface area (Å²) in [4.78, 5) is 0. The predicted molar refractivity (Wildman–Crippen MR) is 81.2 cm³/mol. The van der Waals surface area contributed by atoms with Crippen LogP contribution in [0.15, 0.2) is 40.9 Å².